The summed E-state index contributed by atoms with van der Waals surface area (Å²) in [7, 11) is 0. The van der Waals surface area contributed by atoms with Crippen molar-refractivity contribution in [1.29, 1.82) is 0 Å². The summed E-state index contributed by atoms with van der Waals surface area (Å²) < 4.78 is 0. The summed E-state index contributed by atoms with van der Waals surface area (Å²) in [5, 5.41) is 5.00. The maximum absolute atomic E-state index is 12.1. The number of amides is 3. The van der Waals surface area contributed by atoms with Crippen LogP contribution in [0.25, 0.3) is 0 Å². The lowest BCUT2D eigenvalue weighted by Gasteiger charge is -2.08. The third-order valence-corrected chi connectivity index (χ3v) is 4.90. The van der Waals surface area contributed by atoms with Crippen LogP contribution in [0.1, 0.15) is 11.1 Å². The van der Waals surface area contributed by atoms with Crippen molar-refractivity contribution in [2.75, 3.05) is 5.32 Å². The van der Waals surface area contributed by atoms with E-state index in [1.54, 1.807) is 24.3 Å². The van der Waals surface area contributed by atoms with Crippen molar-refractivity contribution in [3.05, 3.63) is 64.7 Å². The number of hydrogen-bond donors (Lipinski definition) is 2. The number of nitrogens with one attached hydrogen (secondary N) is 2. The molecule has 1 aliphatic rings. The average Bonchev–Trinajstić information content (AvgIpc) is 2.86. The van der Waals surface area contributed by atoms with Gasteiger partial charge in [-0.2, -0.15) is 0 Å². The van der Waals surface area contributed by atoms with Gasteiger partial charge in [-0.05, 0) is 41.8 Å². The first kappa shape index (κ1) is 17.5. The molecule has 1 aliphatic heterocycles. The molecule has 7 heteroatoms. The monoisotopic (exact) mass is 374 g/mol. The number of thioether (sulfide) groups is 1. The molecule has 0 bridgehead atoms. The molecule has 3 rings (SSSR count). The van der Waals surface area contributed by atoms with Gasteiger partial charge in [0.15, 0.2) is 0 Å². The fourth-order valence-corrected chi connectivity index (χ4v) is 3.58. The van der Waals surface area contributed by atoms with Crippen molar-refractivity contribution in [1.82, 2.24) is 5.32 Å². The fraction of sp³-hybridized carbons (Fsp3) is 0.167. The van der Waals surface area contributed by atoms with Crippen LogP contribution in [0.5, 0.6) is 0 Å². The van der Waals surface area contributed by atoms with Crippen LogP contribution in [-0.4, -0.2) is 22.3 Å². The van der Waals surface area contributed by atoms with Crippen LogP contribution in [0, 0.1) is 0 Å². The first-order chi connectivity index (χ1) is 12.0. The van der Waals surface area contributed by atoms with E-state index < -0.39 is 5.25 Å². The summed E-state index contributed by atoms with van der Waals surface area (Å²) in [6.45, 7) is 0. The number of anilines is 1. The molecule has 3 amide bonds. The smallest absolute Gasteiger partial charge is 0.286 e. The normalized spacial score (nSPS) is 16.6. The summed E-state index contributed by atoms with van der Waals surface area (Å²) in [6, 6.07) is 14.4. The van der Waals surface area contributed by atoms with Crippen molar-refractivity contribution < 1.29 is 14.4 Å². The fourth-order valence-electron chi connectivity index (χ4n) is 2.50. The van der Waals surface area contributed by atoms with Gasteiger partial charge in [0.05, 0.1) is 11.7 Å². The van der Waals surface area contributed by atoms with Crippen LogP contribution in [0.3, 0.4) is 0 Å². The molecule has 0 aliphatic carbocycles. The zero-order valence-corrected chi connectivity index (χ0v) is 14.7. The third kappa shape index (κ3) is 4.84. The van der Waals surface area contributed by atoms with E-state index in [1.165, 1.54) is 0 Å². The molecule has 25 heavy (non-hydrogen) atoms. The summed E-state index contributed by atoms with van der Waals surface area (Å²) in [5.74, 6) is -0.389. The van der Waals surface area contributed by atoms with E-state index in [1.807, 2.05) is 24.3 Å². The van der Waals surface area contributed by atoms with E-state index in [9.17, 15) is 14.4 Å². The Morgan fingerprint density at radius 3 is 2.52 bits per heavy atom. The molecule has 0 radical (unpaired) electrons. The number of imide groups is 1. The van der Waals surface area contributed by atoms with Crippen LogP contribution in [-0.2, 0) is 22.4 Å². The van der Waals surface area contributed by atoms with Gasteiger partial charge in [0, 0.05) is 10.7 Å². The van der Waals surface area contributed by atoms with E-state index >= 15 is 0 Å². The SMILES string of the molecule is O=C(Cc1cccc(Cl)c1)Nc1ccc(CC2SC(=O)NC2=O)cc1. The topological polar surface area (TPSA) is 75.3 Å². The second-order valence-electron chi connectivity index (χ2n) is 5.64. The Hall–Kier alpha value is -2.31. The largest absolute Gasteiger partial charge is 0.326 e. The number of halogens is 1. The Kier molecular flexibility index (Phi) is 5.40. The van der Waals surface area contributed by atoms with Crippen molar-refractivity contribution in [2.24, 2.45) is 0 Å². The molecule has 5 nitrogen and oxygen atoms in total. The van der Waals surface area contributed by atoms with Crippen LogP contribution in [0.4, 0.5) is 10.5 Å². The zero-order valence-electron chi connectivity index (χ0n) is 13.1. The van der Waals surface area contributed by atoms with Gasteiger partial charge in [0.2, 0.25) is 11.8 Å². The van der Waals surface area contributed by atoms with E-state index in [0.29, 0.717) is 17.1 Å². The predicted octanol–water partition coefficient (Wildman–Crippen LogP) is 3.42. The quantitative estimate of drug-likeness (QED) is 0.840. The molecule has 2 N–H and O–H groups in total. The lowest BCUT2D eigenvalue weighted by Crippen LogP contribution is -2.25. The highest BCUT2D eigenvalue weighted by Gasteiger charge is 2.31. The second-order valence-corrected chi connectivity index (χ2v) is 7.25. The lowest BCUT2D eigenvalue weighted by molar-refractivity contribution is -0.119. The third-order valence-electron chi connectivity index (χ3n) is 3.68. The zero-order chi connectivity index (χ0) is 17.8. The van der Waals surface area contributed by atoms with Crippen molar-refractivity contribution in [3.8, 4) is 0 Å². The van der Waals surface area contributed by atoms with Crippen molar-refractivity contribution >= 4 is 46.1 Å². The highest BCUT2D eigenvalue weighted by Crippen LogP contribution is 2.23. The number of benzene rings is 2. The molecule has 1 atom stereocenters. The van der Waals surface area contributed by atoms with E-state index in [-0.39, 0.29) is 23.5 Å². The Labute approximate surface area is 154 Å². The number of rotatable bonds is 5. The van der Waals surface area contributed by atoms with Crippen LogP contribution < -0.4 is 10.6 Å². The summed E-state index contributed by atoms with van der Waals surface area (Å²) >= 11 is 6.92. The molecule has 0 spiro atoms. The molecule has 2 aromatic carbocycles. The molecular formula is C18H15ClN2O3S. The number of carbonyl (C=O) groups excluding carboxylic acids is 3. The van der Waals surface area contributed by atoms with Gasteiger partial charge in [0.25, 0.3) is 5.24 Å². The van der Waals surface area contributed by atoms with Gasteiger partial charge in [-0.3, -0.25) is 19.7 Å². The molecule has 0 saturated carbocycles. The van der Waals surface area contributed by atoms with Gasteiger partial charge in [-0.15, -0.1) is 0 Å². The number of carbonyl (C=O) groups is 3. The van der Waals surface area contributed by atoms with Gasteiger partial charge in [0.1, 0.15) is 0 Å². The van der Waals surface area contributed by atoms with Crippen molar-refractivity contribution in [2.45, 2.75) is 18.1 Å². The van der Waals surface area contributed by atoms with E-state index in [0.717, 1.165) is 22.9 Å². The Balaban J connectivity index is 1.56. The maximum atomic E-state index is 12.1. The van der Waals surface area contributed by atoms with Crippen LogP contribution >= 0.6 is 23.4 Å². The molecule has 1 unspecified atom stereocenters. The standard InChI is InChI=1S/C18H15ClN2O3S/c19-13-3-1-2-12(8-13)10-16(22)20-14-6-4-11(5-7-14)9-15-17(23)21-18(24)25-15/h1-8,15H,9-10H2,(H,20,22)(H,21,23,24). The van der Waals surface area contributed by atoms with Gasteiger partial charge < -0.3 is 5.32 Å². The Morgan fingerprint density at radius 2 is 1.88 bits per heavy atom. The highest BCUT2D eigenvalue weighted by molar-refractivity contribution is 8.15. The molecule has 2 aromatic rings. The molecule has 128 valence electrons. The number of hydrogen-bond acceptors (Lipinski definition) is 4. The van der Waals surface area contributed by atoms with Gasteiger partial charge in [-0.25, -0.2) is 0 Å². The second kappa shape index (κ2) is 7.72. The molecular weight excluding hydrogens is 360 g/mol. The first-order valence-electron chi connectivity index (χ1n) is 7.64. The maximum Gasteiger partial charge on any atom is 0.286 e. The molecule has 1 saturated heterocycles. The van der Waals surface area contributed by atoms with E-state index in [2.05, 4.69) is 10.6 Å². The highest BCUT2D eigenvalue weighted by atomic mass is 35.5. The molecule has 1 heterocycles. The molecule has 1 fully saturated rings. The molecule has 0 aromatic heterocycles. The van der Waals surface area contributed by atoms with Gasteiger partial charge >= 0.3 is 0 Å². The minimum Gasteiger partial charge on any atom is -0.326 e. The van der Waals surface area contributed by atoms with E-state index in [4.69, 9.17) is 11.6 Å². The average molecular weight is 375 g/mol. The Morgan fingerprint density at radius 1 is 1.12 bits per heavy atom. The minimum atomic E-state index is -0.393. The summed E-state index contributed by atoms with van der Waals surface area (Å²) in [6.07, 6.45) is 0.711. The Bertz CT molecular complexity index is 823. The van der Waals surface area contributed by atoms with Crippen LogP contribution in [0.2, 0.25) is 5.02 Å². The van der Waals surface area contributed by atoms with Crippen LogP contribution in [0.15, 0.2) is 48.5 Å². The summed E-state index contributed by atoms with van der Waals surface area (Å²) in [4.78, 5) is 34.8. The first-order valence-corrected chi connectivity index (χ1v) is 8.90. The lowest BCUT2D eigenvalue weighted by atomic mass is 10.1. The minimum absolute atomic E-state index is 0.133. The van der Waals surface area contributed by atoms with Crippen molar-refractivity contribution in [3.63, 3.8) is 0 Å². The summed E-state index contributed by atoms with van der Waals surface area (Å²) in [5.41, 5.74) is 2.45. The predicted molar refractivity (Wildman–Crippen MR) is 98.8 cm³/mol. The van der Waals surface area contributed by atoms with Gasteiger partial charge in [-0.1, -0.05) is 47.6 Å².